The standard InChI is InChI=1S/C15H15N3O5/c19-13(16-9-3-4-11-12(6-9)23-8-22-11)7-18-14(20)10-2-1-5-17(10)15(18)21/h3-4,6,10H,1-2,5,7-8H2,(H,16,19)/t10-/m0/s1. The number of amides is 4. The van der Waals surface area contributed by atoms with Crippen LogP contribution < -0.4 is 14.8 Å². The summed E-state index contributed by atoms with van der Waals surface area (Å²) in [6.45, 7) is 0.454. The number of hydrogen-bond donors (Lipinski definition) is 1. The van der Waals surface area contributed by atoms with Crippen molar-refractivity contribution in [2.45, 2.75) is 18.9 Å². The molecule has 1 aromatic carbocycles. The van der Waals surface area contributed by atoms with Crippen molar-refractivity contribution in [3.63, 3.8) is 0 Å². The van der Waals surface area contributed by atoms with Crippen molar-refractivity contribution in [1.29, 1.82) is 0 Å². The van der Waals surface area contributed by atoms with Crippen LogP contribution in [0.25, 0.3) is 0 Å². The molecule has 3 aliphatic rings. The highest BCUT2D eigenvalue weighted by Gasteiger charge is 2.47. The number of ether oxygens (including phenoxy) is 2. The maximum Gasteiger partial charge on any atom is 0.327 e. The fraction of sp³-hybridized carbons (Fsp3) is 0.400. The molecule has 8 nitrogen and oxygen atoms in total. The van der Waals surface area contributed by atoms with E-state index in [1.165, 1.54) is 4.90 Å². The van der Waals surface area contributed by atoms with Gasteiger partial charge in [-0.25, -0.2) is 4.79 Å². The van der Waals surface area contributed by atoms with E-state index in [1.807, 2.05) is 0 Å². The van der Waals surface area contributed by atoms with E-state index in [-0.39, 0.29) is 31.3 Å². The van der Waals surface area contributed by atoms with Gasteiger partial charge in [0.2, 0.25) is 12.7 Å². The van der Waals surface area contributed by atoms with Gasteiger partial charge >= 0.3 is 6.03 Å². The van der Waals surface area contributed by atoms with Crippen LogP contribution in [0.4, 0.5) is 10.5 Å². The Hall–Kier alpha value is -2.77. The van der Waals surface area contributed by atoms with E-state index in [9.17, 15) is 14.4 Å². The molecule has 0 spiro atoms. The zero-order chi connectivity index (χ0) is 16.0. The number of anilines is 1. The highest BCUT2D eigenvalue weighted by molar-refractivity contribution is 6.08. The molecule has 0 saturated carbocycles. The van der Waals surface area contributed by atoms with Gasteiger partial charge in [-0.05, 0) is 25.0 Å². The molecule has 2 fully saturated rings. The van der Waals surface area contributed by atoms with Gasteiger partial charge in [-0.2, -0.15) is 0 Å². The van der Waals surface area contributed by atoms with Crippen molar-refractivity contribution in [3.05, 3.63) is 18.2 Å². The van der Waals surface area contributed by atoms with Gasteiger partial charge in [-0.1, -0.05) is 0 Å². The first-order valence-electron chi connectivity index (χ1n) is 7.45. The molecule has 3 aliphatic heterocycles. The highest BCUT2D eigenvalue weighted by Crippen LogP contribution is 2.34. The first kappa shape index (κ1) is 13.9. The van der Waals surface area contributed by atoms with E-state index in [0.717, 1.165) is 11.3 Å². The van der Waals surface area contributed by atoms with Crippen molar-refractivity contribution in [2.75, 3.05) is 25.2 Å². The second-order valence-electron chi connectivity index (χ2n) is 5.67. The molecule has 23 heavy (non-hydrogen) atoms. The quantitative estimate of drug-likeness (QED) is 0.832. The van der Waals surface area contributed by atoms with Crippen LogP contribution in [-0.2, 0) is 9.59 Å². The van der Waals surface area contributed by atoms with Crippen molar-refractivity contribution < 1.29 is 23.9 Å². The Labute approximate surface area is 131 Å². The maximum absolute atomic E-state index is 12.2. The number of urea groups is 1. The van der Waals surface area contributed by atoms with Crippen molar-refractivity contribution in [3.8, 4) is 11.5 Å². The summed E-state index contributed by atoms with van der Waals surface area (Å²) in [7, 11) is 0. The monoisotopic (exact) mass is 317 g/mol. The smallest absolute Gasteiger partial charge is 0.327 e. The minimum atomic E-state index is -0.424. The van der Waals surface area contributed by atoms with Gasteiger partial charge in [0.25, 0.3) is 5.91 Å². The van der Waals surface area contributed by atoms with E-state index < -0.39 is 5.91 Å². The molecule has 2 saturated heterocycles. The first-order valence-corrected chi connectivity index (χ1v) is 7.45. The number of carbonyl (C=O) groups is 3. The highest BCUT2D eigenvalue weighted by atomic mass is 16.7. The number of rotatable bonds is 3. The second kappa shape index (κ2) is 5.15. The molecule has 1 atom stereocenters. The van der Waals surface area contributed by atoms with Crippen LogP contribution in [0.3, 0.4) is 0 Å². The number of carbonyl (C=O) groups excluding carboxylic acids is 3. The van der Waals surface area contributed by atoms with E-state index in [0.29, 0.717) is 30.2 Å². The Kier molecular flexibility index (Phi) is 3.10. The minimum absolute atomic E-state index is 0.154. The lowest BCUT2D eigenvalue weighted by atomic mass is 10.2. The molecule has 1 N–H and O–H groups in total. The molecule has 8 heteroatoms. The van der Waals surface area contributed by atoms with Crippen molar-refractivity contribution in [2.24, 2.45) is 0 Å². The molecule has 0 radical (unpaired) electrons. The number of fused-ring (bicyclic) bond motifs is 2. The average Bonchev–Trinajstić information content (AvgIpc) is 3.22. The molecular weight excluding hydrogens is 302 g/mol. The molecule has 4 amide bonds. The van der Waals surface area contributed by atoms with Crippen molar-refractivity contribution in [1.82, 2.24) is 9.80 Å². The third-order valence-corrected chi connectivity index (χ3v) is 4.24. The summed E-state index contributed by atoms with van der Waals surface area (Å²) in [6.07, 6.45) is 1.50. The summed E-state index contributed by atoms with van der Waals surface area (Å²) < 4.78 is 10.4. The third-order valence-electron chi connectivity index (χ3n) is 4.24. The zero-order valence-electron chi connectivity index (χ0n) is 12.3. The molecule has 3 heterocycles. The van der Waals surface area contributed by atoms with Gasteiger partial charge in [0.1, 0.15) is 12.6 Å². The van der Waals surface area contributed by atoms with Gasteiger partial charge < -0.3 is 19.7 Å². The normalized spacial score (nSPS) is 21.8. The fourth-order valence-electron chi connectivity index (χ4n) is 3.15. The summed E-state index contributed by atoms with van der Waals surface area (Å²) in [4.78, 5) is 39.0. The van der Waals surface area contributed by atoms with E-state index in [4.69, 9.17) is 9.47 Å². The number of nitrogens with one attached hydrogen (secondary N) is 1. The predicted octanol–water partition coefficient (Wildman–Crippen LogP) is 0.780. The molecule has 120 valence electrons. The third kappa shape index (κ3) is 2.26. The lowest BCUT2D eigenvalue weighted by Gasteiger charge is -2.15. The van der Waals surface area contributed by atoms with Crippen LogP contribution >= 0.6 is 0 Å². The summed E-state index contributed by atoms with van der Waals surface area (Å²) in [5.74, 6) is 0.463. The van der Waals surface area contributed by atoms with Gasteiger partial charge in [0, 0.05) is 18.3 Å². The van der Waals surface area contributed by atoms with Crippen molar-refractivity contribution >= 4 is 23.5 Å². The molecule has 0 bridgehead atoms. The Morgan fingerprint density at radius 3 is 2.91 bits per heavy atom. The van der Waals surface area contributed by atoms with Gasteiger partial charge in [0.15, 0.2) is 11.5 Å². The number of nitrogens with zero attached hydrogens (tertiary/aromatic N) is 2. The largest absolute Gasteiger partial charge is 0.454 e. The zero-order valence-corrected chi connectivity index (χ0v) is 12.3. The molecule has 1 aromatic rings. The number of benzene rings is 1. The van der Waals surface area contributed by atoms with Crippen LogP contribution in [0, 0.1) is 0 Å². The topological polar surface area (TPSA) is 88.2 Å². The Balaban J connectivity index is 1.42. The Morgan fingerprint density at radius 1 is 1.26 bits per heavy atom. The van der Waals surface area contributed by atoms with Crippen LogP contribution in [0.15, 0.2) is 18.2 Å². The van der Waals surface area contributed by atoms with Crippen LogP contribution in [0.1, 0.15) is 12.8 Å². The lowest BCUT2D eigenvalue weighted by molar-refractivity contribution is -0.131. The minimum Gasteiger partial charge on any atom is -0.454 e. The average molecular weight is 317 g/mol. The van der Waals surface area contributed by atoms with Crippen LogP contribution in [0.2, 0.25) is 0 Å². The van der Waals surface area contributed by atoms with E-state index in [1.54, 1.807) is 18.2 Å². The molecule has 0 aromatic heterocycles. The van der Waals surface area contributed by atoms with Crippen LogP contribution in [-0.4, -0.2) is 53.6 Å². The molecule has 0 aliphatic carbocycles. The SMILES string of the molecule is O=C(CN1C(=O)[C@@H]2CCCN2C1=O)Nc1ccc2c(c1)OCO2. The maximum atomic E-state index is 12.2. The summed E-state index contributed by atoms with van der Waals surface area (Å²) in [5, 5.41) is 2.67. The second-order valence-corrected chi connectivity index (χ2v) is 5.67. The Morgan fingerprint density at radius 2 is 2.09 bits per heavy atom. The summed E-state index contributed by atoms with van der Waals surface area (Å²) >= 11 is 0. The first-order chi connectivity index (χ1) is 11.1. The van der Waals surface area contributed by atoms with E-state index >= 15 is 0 Å². The number of hydrogen-bond acceptors (Lipinski definition) is 5. The molecule has 4 rings (SSSR count). The van der Waals surface area contributed by atoms with Crippen LogP contribution in [0.5, 0.6) is 11.5 Å². The number of imide groups is 1. The van der Waals surface area contributed by atoms with E-state index in [2.05, 4.69) is 5.32 Å². The van der Waals surface area contributed by atoms with Gasteiger partial charge in [0.05, 0.1) is 0 Å². The van der Waals surface area contributed by atoms with Gasteiger partial charge in [-0.3, -0.25) is 14.5 Å². The predicted molar refractivity (Wildman–Crippen MR) is 78.0 cm³/mol. The molecular formula is C15H15N3O5. The summed E-state index contributed by atoms with van der Waals surface area (Å²) in [6, 6.07) is 4.25. The van der Waals surface area contributed by atoms with Gasteiger partial charge in [-0.15, -0.1) is 0 Å². The lowest BCUT2D eigenvalue weighted by Crippen LogP contribution is -2.39. The Bertz CT molecular complexity index is 682. The summed E-state index contributed by atoms with van der Waals surface area (Å²) in [5.41, 5.74) is 0.527. The molecule has 0 unspecified atom stereocenters. The fourth-order valence-corrected chi connectivity index (χ4v) is 3.15.